The van der Waals surface area contributed by atoms with Gasteiger partial charge in [0, 0.05) is 11.4 Å². The molecule has 0 radical (unpaired) electrons. The van der Waals surface area contributed by atoms with Gasteiger partial charge in [0.1, 0.15) is 5.52 Å². The lowest BCUT2D eigenvalue weighted by Crippen LogP contribution is -2.19. The van der Waals surface area contributed by atoms with E-state index in [2.05, 4.69) is 21.9 Å². The van der Waals surface area contributed by atoms with E-state index in [0.29, 0.717) is 11.6 Å². The SMILES string of the molecule is Cc1cc(C)cc(NC(=O)Nc2ccc(-c3ccc(C)c4noc(N)c34)cc2)c1. The molecule has 6 heteroatoms. The maximum atomic E-state index is 12.3. The predicted molar refractivity (Wildman–Crippen MR) is 117 cm³/mol. The Kier molecular flexibility index (Phi) is 4.68. The number of aromatic nitrogens is 1. The molecule has 0 aliphatic carbocycles. The number of hydrogen-bond donors (Lipinski definition) is 3. The van der Waals surface area contributed by atoms with Crippen LogP contribution >= 0.6 is 0 Å². The third-order valence-electron chi connectivity index (χ3n) is 4.79. The summed E-state index contributed by atoms with van der Waals surface area (Å²) in [6.45, 7) is 5.97. The third kappa shape index (κ3) is 3.78. The third-order valence-corrected chi connectivity index (χ3v) is 4.79. The predicted octanol–water partition coefficient (Wildman–Crippen LogP) is 5.65. The molecule has 0 fully saturated rings. The number of anilines is 3. The lowest BCUT2D eigenvalue weighted by molar-refractivity contribution is 0.262. The van der Waals surface area contributed by atoms with Crippen LogP contribution in [0.4, 0.5) is 22.1 Å². The average Bonchev–Trinajstić information content (AvgIpc) is 3.05. The standard InChI is InChI=1S/C23H22N4O2/c1-13-10-14(2)12-18(11-13)26-23(28)25-17-7-5-16(6-8-17)19-9-4-15(3)21-20(19)22(24)29-27-21/h4-12H,24H2,1-3H3,(H2,25,26,28). The Bertz CT molecular complexity index is 1190. The van der Waals surface area contributed by atoms with Crippen LogP contribution in [0, 0.1) is 20.8 Å². The lowest BCUT2D eigenvalue weighted by atomic mass is 9.99. The van der Waals surface area contributed by atoms with Crippen LogP contribution in [0.3, 0.4) is 0 Å². The van der Waals surface area contributed by atoms with Crippen molar-refractivity contribution < 1.29 is 9.32 Å². The summed E-state index contributed by atoms with van der Waals surface area (Å²) >= 11 is 0. The fraction of sp³-hybridized carbons (Fsp3) is 0.130. The number of fused-ring (bicyclic) bond motifs is 1. The van der Waals surface area contributed by atoms with Gasteiger partial charge in [-0.25, -0.2) is 4.79 Å². The number of carbonyl (C=O) groups is 1. The van der Waals surface area contributed by atoms with E-state index in [0.717, 1.165) is 44.4 Å². The van der Waals surface area contributed by atoms with Gasteiger partial charge in [-0.15, -0.1) is 0 Å². The van der Waals surface area contributed by atoms with Gasteiger partial charge in [0.05, 0.1) is 5.39 Å². The molecule has 1 heterocycles. The van der Waals surface area contributed by atoms with Crippen LogP contribution in [-0.2, 0) is 0 Å². The number of urea groups is 1. The minimum absolute atomic E-state index is 0.288. The number of hydrogen-bond acceptors (Lipinski definition) is 4. The molecule has 0 aliphatic heterocycles. The topological polar surface area (TPSA) is 93.2 Å². The van der Waals surface area contributed by atoms with Gasteiger partial charge in [0.25, 0.3) is 0 Å². The number of nitrogen functional groups attached to an aromatic ring is 1. The zero-order valence-electron chi connectivity index (χ0n) is 16.5. The smallest absolute Gasteiger partial charge is 0.323 e. The average molecular weight is 386 g/mol. The highest BCUT2D eigenvalue weighted by Crippen LogP contribution is 2.34. The second-order valence-corrected chi connectivity index (χ2v) is 7.23. The van der Waals surface area contributed by atoms with E-state index in [1.54, 1.807) is 0 Å². The number of aryl methyl sites for hydroxylation is 3. The monoisotopic (exact) mass is 386 g/mol. The van der Waals surface area contributed by atoms with E-state index in [9.17, 15) is 4.79 Å². The molecule has 3 aromatic carbocycles. The van der Waals surface area contributed by atoms with Crippen molar-refractivity contribution >= 4 is 34.2 Å². The molecule has 2 amide bonds. The van der Waals surface area contributed by atoms with Crippen LogP contribution < -0.4 is 16.4 Å². The maximum absolute atomic E-state index is 12.3. The number of carbonyl (C=O) groups excluding carboxylic acids is 1. The van der Waals surface area contributed by atoms with Crippen molar-refractivity contribution in [3.8, 4) is 11.1 Å². The van der Waals surface area contributed by atoms with Crippen LogP contribution in [0.1, 0.15) is 16.7 Å². The summed E-state index contributed by atoms with van der Waals surface area (Å²) in [6.07, 6.45) is 0. The van der Waals surface area contributed by atoms with Crippen LogP contribution in [0.25, 0.3) is 22.0 Å². The molecular formula is C23H22N4O2. The van der Waals surface area contributed by atoms with Gasteiger partial charge < -0.3 is 20.9 Å². The zero-order chi connectivity index (χ0) is 20.5. The van der Waals surface area contributed by atoms with Gasteiger partial charge in [-0.3, -0.25) is 0 Å². The molecule has 4 rings (SSSR count). The van der Waals surface area contributed by atoms with Crippen LogP contribution in [0.2, 0.25) is 0 Å². The lowest BCUT2D eigenvalue weighted by Gasteiger charge is -2.10. The van der Waals surface area contributed by atoms with Gasteiger partial charge in [-0.05, 0) is 72.9 Å². The van der Waals surface area contributed by atoms with Gasteiger partial charge in [-0.1, -0.05) is 35.5 Å². The molecule has 4 aromatic rings. The summed E-state index contributed by atoms with van der Waals surface area (Å²) in [4.78, 5) is 12.3. The van der Waals surface area contributed by atoms with Crippen LogP contribution in [0.15, 0.2) is 59.1 Å². The minimum Gasteiger partial charge on any atom is -0.367 e. The molecule has 0 saturated heterocycles. The van der Waals surface area contributed by atoms with Crippen molar-refractivity contribution in [1.82, 2.24) is 5.16 Å². The summed E-state index contributed by atoms with van der Waals surface area (Å²) in [5.41, 5.74) is 13.3. The number of nitrogens with one attached hydrogen (secondary N) is 2. The first-order valence-electron chi connectivity index (χ1n) is 9.32. The highest BCUT2D eigenvalue weighted by molar-refractivity contribution is 6.03. The number of rotatable bonds is 3. The fourth-order valence-electron chi connectivity index (χ4n) is 3.52. The molecule has 0 saturated carbocycles. The summed E-state index contributed by atoms with van der Waals surface area (Å²) in [5.74, 6) is 0.300. The van der Waals surface area contributed by atoms with Crippen molar-refractivity contribution in [3.63, 3.8) is 0 Å². The van der Waals surface area contributed by atoms with Gasteiger partial charge in [0.15, 0.2) is 0 Å². The first-order valence-corrected chi connectivity index (χ1v) is 9.32. The van der Waals surface area contributed by atoms with E-state index < -0.39 is 0 Å². The number of benzene rings is 3. The molecule has 29 heavy (non-hydrogen) atoms. The first kappa shape index (κ1) is 18.6. The molecule has 0 spiro atoms. The zero-order valence-corrected chi connectivity index (χ0v) is 16.5. The van der Waals surface area contributed by atoms with Gasteiger partial charge in [-0.2, -0.15) is 0 Å². The quantitative estimate of drug-likeness (QED) is 0.424. The van der Waals surface area contributed by atoms with E-state index in [4.69, 9.17) is 10.3 Å². The first-order chi connectivity index (χ1) is 13.9. The molecule has 4 N–H and O–H groups in total. The molecule has 146 valence electrons. The van der Waals surface area contributed by atoms with Crippen molar-refractivity contribution in [1.29, 1.82) is 0 Å². The summed E-state index contributed by atoms with van der Waals surface area (Å²) < 4.78 is 5.17. The maximum Gasteiger partial charge on any atom is 0.323 e. The van der Waals surface area contributed by atoms with Crippen LogP contribution in [-0.4, -0.2) is 11.2 Å². The fourth-order valence-corrected chi connectivity index (χ4v) is 3.52. The van der Waals surface area contributed by atoms with Gasteiger partial charge in [0.2, 0.25) is 5.88 Å². The number of amides is 2. The Balaban J connectivity index is 1.53. The number of nitrogens with zero attached hydrogens (tertiary/aromatic N) is 1. The van der Waals surface area contributed by atoms with Crippen molar-refractivity contribution in [2.24, 2.45) is 0 Å². The second kappa shape index (κ2) is 7.31. The van der Waals surface area contributed by atoms with Crippen LogP contribution in [0.5, 0.6) is 0 Å². The number of nitrogens with two attached hydrogens (primary N) is 1. The summed E-state index contributed by atoms with van der Waals surface area (Å²) in [5, 5.41) is 10.6. The van der Waals surface area contributed by atoms with Crippen molar-refractivity contribution in [2.45, 2.75) is 20.8 Å². The molecular weight excluding hydrogens is 364 g/mol. The minimum atomic E-state index is -0.288. The normalized spacial score (nSPS) is 10.9. The Morgan fingerprint density at radius 1 is 0.897 bits per heavy atom. The molecule has 0 bridgehead atoms. The molecule has 1 aromatic heterocycles. The molecule has 0 unspecified atom stereocenters. The highest BCUT2D eigenvalue weighted by Gasteiger charge is 2.14. The largest absolute Gasteiger partial charge is 0.367 e. The van der Waals surface area contributed by atoms with Crippen molar-refractivity contribution in [2.75, 3.05) is 16.4 Å². The highest BCUT2D eigenvalue weighted by atomic mass is 16.5. The Morgan fingerprint density at radius 2 is 1.55 bits per heavy atom. The van der Waals surface area contributed by atoms with Gasteiger partial charge >= 0.3 is 6.03 Å². The van der Waals surface area contributed by atoms with E-state index >= 15 is 0 Å². The molecule has 6 nitrogen and oxygen atoms in total. The molecule has 0 atom stereocenters. The van der Waals surface area contributed by atoms with E-state index in [-0.39, 0.29) is 6.03 Å². The Labute approximate surface area is 168 Å². The second-order valence-electron chi connectivity index (χ2n) is 7.23. The summed E-state index contributed by atoms with van der Waals surface area (Å²) in [6, 6.07) is 17.2. The molecule has 0 aliphatic rings. The summed E-state index contributed by atoms with van der Waals surface area (Å²) in [7, 11) is 0. The Hall–Kier alpha value is -3.80. The van der Waals surface area contributed by atoms with E-state index in [1.807, 2.05) is 69.3 Å². The Morgan fingerprint density at radius 3 is 2.24 bits per heavy atom. The van der Waals surface area contributed by atoms with E-state index in [1.165, 1.54) is 0 Å². The van der Waals surface area contributed by atoms with Crippen molar-refractivity contribution in [3.05, 3.63) is 71.3 Å².